The monoisotopic (exact) mass is 283 g/mol. The van der Waals surface area contributed by atoms with E-state index in [-0.39, 0.29) is 23.1 Å². The van der Waals surface area contributed by atoms with E-state index in [0.717, 1.165) is 19.4 Å². The topological polar surface area (TPSA) is 38.3 Å². The van der Waals surface area contributed by atoms with Crippen molar-refractivity contribution in [3.05, 3.63) is 30.1 Å². The molecule has 1 aromatic carbocycles. The van der Waals surface area contributed by atoms with Gasteiger partial charge >= 0.3 is 0 Å². The molecule has 19 heavy (non-hydrogen) atoms. The molecule has 1 amide bonds. The van der Waals surface area contributed by atoms with Crippen LogP contribution in [0.5, 0.6) is 0 Å². The first-order valence-electron chi connectivity index (χ1n) is 6.47. The van der Waals surface area contributed by atoms with Crippen LogP contribution in [0, 0.1) is 5.82 Å². The number of amides is 1. The third-order valence-corrected chi connectivity index (χ3v) is 4.19. The van der Waals surface area contributed by atoms with E-state index >= 15 is 0 Å². The predicted molar refractivity (Wildman–Crippen MR) is 73.7 cm³/mol. The number of benzene rings is 1. The van der Waals surface area contributed by atoms with Crippen LogP contribution in [0.3, 0.4) is 0 Å². The van der Waals surface area contributed by atoms with Gasteiger partial charge in [-0.2, -0.15) is 0 Å². The molecule has 1 fully saturated rings. The van der Waals surface area contributed by atoms with Crippen LogP contribution in [0.25, 0.3) is 0 Å². The summed E-state index contributed by atoms with van der Waals surface area (Å²) in [5.41, 5.74) is 0. The van der Waals surface area contributed by atoms with Gasteiger partial charge in [-0.3, -0.25) is 4.79 Å². The minimum atomic E-state index is -0.321. The number of carbonyl (C=O) groups is 1. The Morgan fingerprint density at radius 3 is 3.05 bits per heavy atom. The number of hydrogen-bond donors (Lipinski definition) is 1. The Balaban J connectivity index is 1.80. The second-order valence-electron chi connectivity index (χ2n) is 4.57. The number of hydrogen-bond acceptors (Lipinski definition) is 3. The van der Waals surface area contributed by atoms with Crippen LogP contribution < -0.4 is 5.32 Å². The average molecular weight is 283 g/mol. The van der Waals surface area contributed by atoms with Crippen LogP contribution in [0.4, 0.5) is 4.39 Å². The molecule has 5 heteroatoms. The highest BCUT2D eigenvalue weighted by Gasteiger charge is 2.19. The van der Waals surface area contributed by atoms with Crippen molar-refractivity contribution in [1.82, 2.24) is 5.32 Å². The lowest BCUT2D eigenvalue weighted by Gasteiger charge is -2.15. The van der Waals surface area contributed by atoms with E-state index in [1.54, 1.807) is 25.1 Å². The number of rotatable bonds is 5. The van der Waals surface area contributed by atoms with Crippen molar-refractivity contribution >= 4 is 17.7 Å². The Kier molecular flexibility index (Phi) is 5.22. The van der Waals surface area contributed by atoms with Crippen molar-refractivity contribution in [1.29, 1.82) is 0 Å². The number of nitrogens with one attached hydrogen (secondary N) is 1. The summed E-state index contributed by atoms with van der Waals surface area (Å²) in [5, 5.41) is 2.54. The summed E-state index contributed by atoms with van der Waals surface area (Å²) in [5.74, 6) is -0.366. The molecule has 0 aromatic heterocycles. The van der Waals surface area contributed by atoms with E-state index < -0.39 is 0 Å². The van der Waals surface area contributed by atoms with Gasteiger partial charge in [0.1, 0.15) is 5.82 Å². The molecule has 104 valence electrons. The van der Waals surface area contributed by atoms with E-state index in [9.17, 15) is 9.18 Å². The van der Waals surface area contributed by atoms with E-state index in [0.29, 0.717) is 11.4 Å². The van der Waals surface area contributed by atoms with Gasteiger partial charge in [-0.15, -0.1) is 11.8 Å². The van der Waals surface area contributed by atoms with Crippen LogP contribution in [0.2, 0.25) is 0 Å². The summed E-state index contributed by atoms with van der Waals surface area (Å²) >= 11 is 1.23. The molecular weight excluding hydrogens is 265 g/mol. The Bertz CT molecular complexity index is 435. The highest BCUT2D eigenvalue weighted by atomic mass is 32.2. The van der Waals surface area contributed by atoms with E-state index in [1.165, 1.54) is 17.8 Å². The number of ether oxygens (including phenoxy) is 1. The van der Waals surface area contributed by atoms with Crippen molar-refractivity contribution in [2.24, 2.45) is 0 Å². The molecule has 1 aliphatic heterocycles. The van der Waals surface area contributed by atoms with Gasteiger partial charge < -0.3 is 10.1 Å². The summed E-state index contributed by atoms with van der Waals surface area (Å²) in [7, 11) is 0. The average Bonchev–Trinajstić information content (AvgIpc) is 2.91. The fraction of sp³-hybridized carbons (Fsp3) is 0.500. The number of carbonyl (C=O) groups excluding carboxylic acids is 1. The second-order valence-corrected chi connectivity index (χ2v) is 5.95. The van der Waals surface area contributed by atoms with Gasteiger partial charge in [0.25, 0.3) is 0 Å². The molecule has 1 heterocycles. The molecule has 2 atom stereocenters. The number of thioether (sulfide) groups is 1. The van der Waals surface area contributed by atoms with Gasteiger partial charge in [0.2, 0.25) is 5.91 Å². The zero-order chi connectivity index (χ0) is 13.7. The minimum absolute atomic E-state index is 0.0799. The van der Waals surface area contributed by atoms with Gasteiger partial charge in [0.15, 0.2) is 0 Å². The molecule has 0 aliphatic carbocycles. The fourth-order valence-electron chi connectivity index (χ4n) is 1.95. The predicted octanol–water partition coefficient (Wildman–Crippen LogP) is 2.60. The normalized spacial score (nSPS) is 20.2. The summed E-state index contributed by atoms with van der Waals surface area (Å²) < 4.78 is 18.9. The summed E-state index contributed by atoms with van der Waals surface area (Å²) in [6.45, 7) is 3.10. The van der Waals surface area contributed by atoms with Crippen LogP contribution in [-0.4, -0.2) is 30.4 Å². The summed E-state index contributed by atoms with van der Waals surface area (Å²) in [6.07, 6.45) is 2.18. The molecule has 1 aromatic rings. The zero-order valence-electron chi connectivity index (χ0n) is 10.9. The standard InChI is InChI=1S/C14H18FNO2S/c1-10(19-13-7-3-2-6-12(13)15)14(17)16-9-11-5-4-8-18-11/h2-3,6-7,10-11H,4-5,8-9H2,1H3,(H,16,17)/t10-,11+/m1/s1. The van der Waals surface area contributed by atoms with Crippen molar-refractivity contribution in [3.63, 3.8) is 0 Å². The molecule has 0 saturated carbocycles. The lowest BCUT2D eigenvalue weighted by atomic mass is 10.2. The molecule has 2 rings (SSSR count). The molecule has 0 spiro atoms. The maximum atomic E-state index is 13.5. The van der Waals surface area contributed by atoms with Crippen LogP contribution in [0.15, 0.2) is 29.2 Å². The van der Waals surface area contributed by atoms with Gasteiger partial charge in [-0.05, 0) is 31.9 Å². The SMILES string of the molecule is C[C@@H](Sc1ccccc1F)C(=O)NC[C@@H]1CCCO1. The highest BCUT2D eigenvalue weighted by molar-refractivity contribution is 8.00. The largest absolute Gasteiger partial charge is 0.376 e. The van der Waals surface area contributed by atoms with E-state index in [4.69, 9.17) is 4.74 Å². The van der Waals surface area contributed by atoms with Crippen LogP contribution in [0.1, 0.15) is 19.8 Å². The van der Waals surface area contributed by atoms with Gasteiger partial charge in [0.05, 0.1) is 11.4 Å². The summed E-state index contributed by atoms with van der Waals surface area (Å²) in [4.78, 5) is 12.4. The molecular formula is C14H18FNO2S. The Labute approximate surface area is 116 Å². The van der Waals surface area contributed by atoms with E-state index in [1.807, 2.05) is 0 Å². The lowest BCUT2D eigenvalue weighted by molar-refractivity contribution is -0.120. The third kappa shape index (κ3) is 4.21. The Hall–Kier alpha value is -1.07. The lowest BCUT2D eigenvalue weighted by Crippen LogP contribution is -2.36. The fourth-order valence-corrected chi connectivity index (χ4v) is 2.86. The molecule has 3 nitrogen and oxygen atoms in total. The summed E-state index contributed by atoms with van der Waals surface area (Å²) in [6, 6.07) is 6.49. The van der Waals surface area contributed by atoms with Crippen molar-refractivity contribution in [2.45, 2.75) is 36.0 Å². The number of halogens is 1. The molecule has 0 unspecified atom stereocenters. The molecule has 1 aliphatic rings. The minimum Gasteiger partial charge on any atom is -0.376 e. The Morgan fingerprint density at radius 2 is 2.37 bits per heavy atom. The maximum absolute atomic E-state index is 13.5. The van der Waals surface area contributed by atoms with Crippen molar-refractivity contribution in [2.75, 3.05) is 13.2 Å². The Morgan fingerprint density at radius 1 is 1.58 bits per heavy atom. The van der Waals surface area contributed by atoms with Gasteiger partial charge in [0, 0.05) is 18.0 Å². The maximum Gasteiger partial charge on any atom is 0.233 e. The van der Waals surface area contributed by atoms with Crippen molar-refractivity contribution in [3.8, 4) is 0 Å². The van der Waals surface area contributed by atoms with Gasteiger partial charge in [-0.1, -0.05) is 12.1 Å². The quantitative estimate of drug-likeness (QED) is 0.844. The molecule has 0 radical (unpaired) electrons. The first-order valence-corrected chi connectivity index (χ1v) is 7.35. The molecule has 1 saturated heterocycles. The van der Waals surface area contributed by atoms with Crippen LogP contribution >= 0.6 is 11.8 Å². The third-order valence-electron chi connectivity index (χ3n) is 3.04. The van der Waals surface area contributed by atoms with Crippen molar-refractivity contribution < 1.29 is 13.9 Å². The first-order chi connectivity index (χ1) is 9.16. The first kappa shape index (κ1) is 14.3. The molecule has 1 N–H and O–H groups in total. The highest BCUT2D eigenvalue weighted by Crippen LogP contribution is 2.25. The zero-order valence-corrected chi connectivity index (χ0v) is 11.7. The van der Waals surface area contributed by atoms with Gasteiger partial charge in [-0.25, -0.2) is 4.39 Å². The van der Waals surface area contributed by atoms with E-state index in [2.05, 4.69) is 5.32 Å². The second kappa shape index (κ2) is 6.91. The smallest absolute Gasteiger partial charge is 0.233 e. The van der Waals surface area contributed by atoms with Crippen LogP contribution in [-0.2, 0) is 9.53 Å². The molecule has 0 bridgehead atoms.